The number of anilines is 1. The maximum Gasteiger partial charge on any atom is 0.361 e. The van der Waals surface area contributed by atoms with E-state index in [1.165, 1.54) is 19.3 Å². The van der Waals surface area contributed by atoms with Gasteiger partial charge in [-0.2, -0.15) is 0 Å². The number of ether oxygens (including phenoxy) is 1. The molecule has 0 saturated carbocycles. The zero-order valence-electron chi connectivity index (χ0n) is 12.3. The van der Waals surface area contributed by atoms with Crippen LogP contribution in [-0.4, -0.2) is 32.8 Å². The van der Waals surface area contributed by atoms with E-state index in [-0.39, 0.29) is 17.3 Å². The molecule has 0 bridgehead atoms. The highest BCUT2D eigenvalue weighted by atomic mass is 16.5. The fourth-order valence-electron chi connectivity index (χ4n) is 2.27. The lowest BCUT2D eigenvalue weighted by Crippen LogP contribution is -2.25. The van der Waals surface area contributed by atoms with Crippen molar-refractivity contribution >= 4 is 28.5 Å². The third-order valence-electron chi connectivity index (χ3n) is 3.43. The van der Waals surface area contributed by atoms with Gasteiger partial charge in [0.05, 0.1) is 0 Å². The number of H-pyrrole nitrogens is 1. The molecule has 3 rings (SSSR count). The molecule has 0 aliphatic heterocycles. The molecule has 7 nitrogen and oxygen atoms in total. The van der Waals surface area contributed by atoms with Crippen molar-refractivity contribution in [3.63, 3.8) is 0 Å². The maximum absolute atomic E-state index is 12.5. The third kappa shape index (κ3) is 2.76. The monoisotopic (exact) mass is 310 g/mol. The zero-order valence-corrected chi connectivity index (χ0v) is 12.3. The van der Waals surface area contributed by atoms with Crippen molar-refractivity contribution in [1.82, 2.24) is 15.0 Å². The molecule has 1 atom stereocenters. The Morgan fingerprint density at radius 3 is 2.74 bits per heavy atom. The highest BCUT2D eigenvalue weighted by molar-refractivity contribution is 6.10. The van der Waals surface area contributed by atoms with Crippen molar-refractivity contribution < 1.29 is 14.3 Å². The molecule has 0 radical (unpaired) electrons. The summed E-state index contributed by atoms with van der Waals surface area (Å²) < 4.78 is 5.17. The summed E-state index contributed by atoms with van der Waals surface area (Å²) in [6, 6.07) is 7.40. The molecule has 0 spiro atoms. The van der Waals surface area contributed by atoms with Crippen molar-refractivity contribution in [2.75, 3.05) is 5.73 Å². The van der Waals surface area contributed by atoms with Gasteiger partial charge in [-0.25, -0.2) is 14.8 Å². The fraction of sp³-hybridized carbons (Fsp3) is 0.125. The molecule has 0 saturated heterocycles. The van der Waals surface area contributed by atoms with Crippen LogP contribution in [0.2, 0.25) is 0 Å². The number of fused-ring (bicyclic) bond motifs is 1. The number of nitrogens with zero attached hydrogens (tertiary/aromatic N) is 2. The van der Waals surface area contributed by atoms with Crippen molar-refractivity contribution in [1.29, 1.82) is 0 Å². The van der Waals surface area contributed by atoms with Crippen molar-refractivity contribution in [3.05, 3.63) is 54.1 Å². The molecule has 0 unspecified atom stereocenters. The summed E-state index contributed by atoms with van der Waals surface area (Å²) in [6.45, 7) is 1.51. The van der Waals surface area contributed by atoms with Gasteiger partial charge in [0, 0.05) is 35.1 Å². The summed E-state index contributed by atoms with van der Waals surface area (Å²) in [5, 5.41) is 0.777. The van der Waals surface area contributed by atoms with Crippen LogP contribution in [0.1, 0.15) is 27.8 Å². The van der Waals surface area contributed by atoms with Gasteiger partial charge in [0.25, 0.3) is 0 Å². The Bertz CT molecular complexity index is 888. The lowest BCUT2D eigenvalue weighted by molar-refractivity contribution is 0.0314. The van der Waals surface area contributed by atoms with Crippen molar-refractivity contribution in [3.8, 4) is 0 Å². The second-order valence-corrected chi connectivity index (χ2v) is 4.95. The predicted octanol–water partition coefficient (Wildman–Crippen LogP) is 1.97. The first kappa shape index (κ1) is 14.7. The van der Waals surface area contributed by atoms with Crippen LogP contribution in [0.25, 0.3) is 10.9 Å². The normalized spacial score (nSPS) is 12.0. The summed E-state index contributed by atoms with van der Waals surface area (Å²) >= 11 is 0. The van der Waals surface area contributed by atoms with Crippen LogP contribution < -0.4 is 5.73 Å². The maximum atomic E-state index is 12.5. The van der Waals surface area contributed by atoms with Crippen LogP contribution >= 0.6 is 0 Å². The third-order valence-corrected chi connectivity index (χ3v) is 3.43. The number of para-hydroxylation sites is 1. The Labute approximate surface area is 131 Å². The number of ketones is 1. The molecule has 7 heteroatoms. The van der Waals surface area contributed by atoms with E-state index in [9.17, 15) is 9.59 Å². The number of carbonyl (C=O) groups excluding carboxylic acids is 2. The highest BCUT2D eigenvalue weighted by Crippen LogP contribution is 2.20. The molecule has 3 N–H and O–H groups in total. The average molecular weight is 310 g/mol. The Hall–Kier alpha value is -3.22. The van der Waals surface area contributed by atoms with Gasteiger partial charge >= 0.3 is 5.97 Å². The topological polar surface area (TPSA) is 111 Å². The number of hydrogen-bond donors (Lipinski definition) is 2. The summed E-state index contributed by atoms with van der Waals surface area (Å²) in [5.74, 6) is -1.13. The first-order chi connectivity index (χ1) is 11.1. The SMILES string of the molecule is C[C@@H](OC(=O)c1nccnc1N)C(=O)c1c[nH]c2ccccc12. The van der Waals surface area contributed by atoms with Gasteiger partial charge in [-0.3, -0.25) is 4.79 Å². The van der Waals surface area contributed by atoms with Crippen LogP contribution in [0.4, 0.5) is 5.82 Å². The van der Waals surface area contributed by atoms with E-state index in [1.54, 1.807) is 6.20 Å². The molecule has 2 aromatic heterocycles. The molecule has 1 aromatic carbocycles. The number of hydrogen-bond acceptors (Lipinski definition) is 6. The van der Waals surface area contributed by atoms with Crippen LogP contribution in [0, 0.1) is 0 Å². The number of nitrogens with two attached hydrogens (primary N) is 1. The van der Waals surface area contributed by atoms with E-state index in [0.717, 1.165) is 10.9 Å². The zero-order chi connectivity index (χ0) is 16.4. The standard InChI is InChI=1S/C16H14N4O3/c1-9(23-16(22)13-15(17)19-7-6-18-13)14(21)11-8-20-12-5-3-2-4-10(11)12/h2-9,20H,1H3,(H2,17,19)/t9-/m1/s1. The Morgan fingerprint density at radius 1 is 1.22 bits per heavy atom. The van der Waals surface area contributed by atoms with E-state index < -0.39 is 12.1 Å². The fourth-order valence-corrected chi connectivity index (χ4v) is 2.27. The van der Waals surface area contributed by atoms with Gasteiger partial charge in [0.15, 0.2) is 17.6 Å². The van der Waals surface area contributed by atoms with E-state index in [4.69, 9.17) is 10.5 Å². The van der Waals surface area contributed by atoms with E-state index in [0.29, 0.717) is 5.56 Å². The Kier molecular flexibility index (Phi) is 3.76. The smallest absolute Gasteiger partial charge is 0.361 e. The predicted molar refractivity (Wildman–Crippen MR) is 84.0 cm³/mol. The van der Waals surface area contributed by atoms with Gasteiger partial charge in [-0.1, -0.05) is 18.2 Å². The second kappa shape index (κ2) is 5.88. The second-order valence-electron chi connectivity index (χ2n) is 4.95. The lowest BCUT2D eigenvalue weighted by atomic mass is 10.1. The molecule has 0 amide bonds. The summed E-state index contributed by atoms with van der Waals surface area (Å²) in [7, 11) is 0. The number of Topliss-reactive ketones (excluding diaryl/α,β-unsaturated/α-hetero) is 1. The molecule has 2 heterocycles. The molecule has 0 fully saturated rings. The number of esters is 1. The highest BCUT2D eigenvalue weighted by Gasteiger charge is 2.24. The number of aromatic nitrogens is 3. The largest absolute Gasteiger partial charge is 0.449 e. The Balaban J connectivity index is 1.80. The van der Waals surface area contributed by atoms with Crippen molar-refractivity contribution in [2.45, 2.75) is 13.0 Å². The number of benzene rings is 1. The molecular formula is C16H14N4O3. The summed E-state index contributed by atoms with van der Waals surface area (Å²) in [5.41, 5.74) is 6.78. The van der Waals surface area contributed by atoms with Crippen LogP contribution in [0.3, 0.4) is 0 Å². The summed E-state index contributed by atoms with van der Waals surface area (Å²) in [4.78, 5) is 35.2. The van der Waals surface area contributed by atoms with Gasteiger partial charge in [0.2, 0.25) is 5.78 Å². The minimum absolute atomic E-state index is 0.0377. The lowest BCUT2D eigenvalue weighted by Gasteiger charge is -2.12. The van der Waals surface area contributed by atoms with Crippen LogP contribution in [0.5, 0.6) is 0 Å². The quantitative estimate of drug-likeness (QED) is 0.563. The van der Waals surface area contributed by atoms with E-state index >= 15 is 0 Å². The molecular weight excluding hydrogens is 296 g/mol. The molecule has 0 aliphatic rings. The molecule has 3 aromatic rings. The number of rotatable bonds is 4. The first-order valence-corrected chi connectivity index (χ1v) is 6.95. The minimum atomic E-state index is -0.969. The average Bonchev–Trinajstić information content (AvgIpc) is 2.98. The van der Waals surface area contributed by atoms with Gasteiger partial charge < -0.3 is 15.5 Å². The van der Waals surface area contributed by atoms with Gasteiger partial charge in [-0.05, 0) is 13.0 Å². The number of aromatic amines is 1. The van der Waals surface area contributed by atoms with Gasteiger partial charge in [-0.15, -0.1) is 0 Å². The molecule has 0 aliphatic carbocycles. The van der Waals surface area contributed by atoms with Crippen molar-refractivity contribution in [2.24, 2.45) is 0 Å². The van der Waals surface area contributed by atoms with Crippen LogP contribution in [-0.2, 0) is 4.74 Å². The molecule has 116 valence electrons. The Morgan fingerprint density at radius 2 is 1.96 bits per heavy atom. The number of nitrogens with one attached hydrogen (secondary N) is 1. The summed E-state index contributed by atoms with van der Waals surface area (Å²) in [6.07, 6.45) is 3.34. The van der Waals surface area contributed by atoms with E-state index in [2.05, 4.69) is 15.0 Å². The minimum Gasteiger partial charge on any atom is -0.449 e. The first-order valence-electron chi connectivity index (χ1n) is 6.95. The number of carbonyl (C=O) groups is 2. The van der Waals surface area contributed by atoms with E-state index in [1.807, 2.05) is 24.3 Å². The van der Waals surface area contributed by atoms with Crippen LogP contribution in [0.15, 0.2) is 42.9 Å². The molecule has 23 heavy (non-hydrogen) atoms. The van der Waals surface area contributed by atoms with Gasteiger partial charge in [0.1, 0.15) is 0 Å². The number of nitrogen functional groups attached to an aromatic ring is 1.